The van der Waals surface area contributed by atoms with E-state index in [0.29, 0.717) is 11.4 Å². The molecule has 0 fully saturated rings. The Morgan fingerprint density at radius 1 is 1.06 bits per heavy atom. The molecular formula is C13H9F2N3. The van der Waals surface area contributed by atoms with Gasteiger partial charge in [0, 0.05) is 17.3 Å². The van der Waals surface area contributed by atoms with E-state index >= 15 is 0 Å². The van der Waals surface area contributed by atoms with E-state index in [0.717, 1.165) is 23.2 Å². The van der Waals surface area contributed by atoms with Gasteiger partial charge in [0.2, 0.25) is 0 Å². The Morgan fingerprint density at radius 3 is 2.56 bits per heavy atom. The van der Waals surface area contributed by atoms with Gasteiger partial charge in [-0.2, -0.15) is 0 Å². The van der Waals surface area contributed by atoms with Crippen LogP contribution in [0.1, 0.15) is 0 Å². The van der Waals surface area contributed by atoms with Gasteiger partial charge >= 0.3 is 0 Å². The fraction of sp³-hybridized carbons (Fsp3) is 0. The normalized spacial score (nSPS) is 11.0. The Kier molecular flexibility index (Phi) is 2.26. The third-order valence-corrected chi connectivity index (χ3v) is 2.74. The first kappa shape index (κ1) is 10.7. The zero-order valence-electron chi connectivity index (χ0n) is 9.24. The minimum atomic E-state index is -0.965. The number of nitrogens with one attached hydrogen (secondary N) is 1. The largest absolute Gasteiger partial charge is 0.398 e. The summed E-state index contributed by atoms with van der Waals surface area (Å²) < 4.78 is 26.2. The quantitative estimate of drug-likeness (QED) is 0.647. The fourth-order valence-corrected chi connectivity index (χ4v) is 1.85. The van der Waals surface area contributed by atoms with Crippen LogP contribution in [-0.4, -0.2) is 9.97 Å². The minimum Gasteiger partial charge on any atom is -0.398 e. The lowest BCUT2D eigenvalue weighted by atomic mass is 10.1. The van der Waals surface area contributed by atoms with Gasteiger partial charge in [-0.1, -0.05) is 12.1 Å². The summed E-state index contributed by atoms with van der Waals surface area (Å²) in [6, 6.07) is 9.38. The Morgan fingerprint density at radius 2 is 1.78 bits per heavy atom. The van der Waals surface area contributed by atoms with Gasteiger partial charge in [-0.3, -0.25) is 0 Å². The lowest BCUT2D eigenvalue weighted by molar-refractivity contribution is 0.509. The Bertz CT molecular complexity index is 701. The van der Waals surface area contributed by atoms with E-state index in [1.165, 1.54) is 0 Å². The molecule has 0 aliphatic heterocycles. The highest BCUT2D eigenvalue weighted by atomic mass is 19.2. The number of nitrogens with zero attached hydrogens (tertiary/aromatic N) is 1. The second kappa shape index (κ2) is 3.80. The number of hydrogen-bond acceptors (Lipinski definition) is 2. The van der Waals surface area contributed by atoms with Gasteiger partial charge in [0.25, 0.3) is 0 Å². The molecule has 3 aromatic rings. The monoisotopic (exact) mass is 245 g/mol. The lowest BCUT2D eigenvalue weighted by Crippen LogP contribution is -1.95. The van der Waals surface area contributed by atoms with Crippen LogP contribution in [0, 0.1) is 11.6 Å². The summed E-state index contributed by atoms with van der Waals surface area (Å²) in [5.74, 6) is -1.49. The number of anilines is 1. The molecule has 0 saturated carbocycles. The van der Waals surface area contributed by atoms with Crippen molar-refractivity contribution in [2.45, 2.75) is 0 Å². The van der Waals surface area contributed by atoms with Crippen LogP contribution >= 0.6 is 0 Å². The molecule has 1 aromatic heterocycles. The van der Waals surface area contributed by atoms with Crippen molar-refractivity contribution in [1.29, 1.82) is 0 Å². The smallest absolute Gasteiger partial charge is 0.160 e. The number of aromatic amines is 1. The van der Waals surface area contributed by atoms with E-state index in [2.05, 4.69) is 9.97 Å². The molecule has 0 atom stereocenters. The van der Waals surface area contributed by atoms with Crippen molar-refractivity contribution >= 4 is 16.7 Å². The second-order valence-electron chi connectivity index (χ2n) is 3.96. The average molecular weight is 245 g/mol. The van der Waals surface area contributed by atoms with Crippen molar-refractivity contribution < 1.29 is 8.78 Å². The number of hydrogen-bond donors (Lipinski definition) is 2. The van der Waals surface area contributed by atoms with E-state index in [9.17, 15) is 8.78 Å². The highest BCUT2D eigenvalue weighted by Crippen LogP contribution is 2.27. The molecule has 1 heterocycles. The molecule has 0 saturated heterocycles. The number of nitrogen functional groups attached to an aromatic ring is 1. The van der Waals surface area contributed by atoms with E-state index in [1.807, 2.05) is 24.3 Å². The molecule has 0 aliphatic carbocycles. The molecule has 3 rings (SSSR count). The van der Waals surface area contributed by atoms with Crippen LogP contribution < -0.4 is 5.73 Å². The third-order valence-electron chi connectivity index (χ3n) is 2.74. The van der Waals surface area contributed by atoms with Gasteiger partial charge < -0.3 is 10.7 Å². The molecule has 0 amide bonds. The molecule has 0 aliphatic rings. The maximum atomic E-state index is 13.2. The second-order valence-corrected chi connectivity index (χ2v) is 3.96. The van der Waals surface area contributed by atoms with Gasteiger partial charge in [0.1, 0.15) is 5.82 Å². The molecule has 0 unspecified atom stereocenters. The van der Waals surface area contributed by atoms with Crippen LogP contribution in [0.5, 0.6) is 0 Å². The summed E-state index contributed by atoms with van der Waals surface area (Å²) in [5, 5.41) is 0. The maximum Gasteiger partial charge on any atom is 0.160 e. The van der Waals surface area contributed by atoms with Gasteiger partial charge in [-0.05, 0) is 18.2 Å². The summed E-state index contributed by atoms with van der Waals surface area (Å²) in [4.78, 5) is 7.31. The number of rotatable bonds is 1. The van der Waals surface area contributed by atoms with Crippen LogP contribution in [0.2, 0.25) is 0 Å². The number of fused-ring (bicyclic) bond motifs is 1. The summed E-state index contributed by atoms with van der Waals surface area (Å²) >= 11 is 0. The highest BCUT2D eigenvalue weighted by Gasteiger charge is 2.12. The summed E-state index contributed by atoms with van der Waals surface area (Å²) in [5.41, 5.74) is 7.74. The fourth-order valence-electron chi connectivity index (χ4n) is 1.85. The standard InChI is InChI=1S/C13H9F2N3/c14-8-5-7(10(16)6-9(8)15)13-17-11-3-1-2-4-12(11)18-13/h1-6H,16H2,(H,17,18). The Labute approximate surface area is 101 Å². The van der Waals surface area contributed by atoms with Gasteiger partial charge in [-0.15, -0.1) is 0 Å². The number of para-hydroxylation sites is 2. The van der Waals surface area contributed by atoms with Gasteiger partial charge in [0.15, 0.2) is 11.6 Å². The predicted octanol–water partition coefficient (Wildman–Crippen LogP) is 3.09. The van der Waals surface area contributed by atoms with Gasteiger partial charge in [-0.25, -0.2) is 13.8 Å². The van der Waals surface area contributed by atoms with Crippen LogP contribution in [0.25, 0.3) is 22.4 Å². The molecule has 2 aromatic carbocycles. The van der Waals surface area contributed by atoms with E-state index in [1.54, 1.807) is 0 Å². The van der Waals surface area contributed by atoms with Crippen molar-refractivity contribution in [3.8, 4) is 11.4 Å². The lowest BCUT2D eigenvalue weighted by Gasteiger charge is -2.03. The molecule has 3 N–H and O–H groups in total. The van der Waals surface area contributed by atoms with Crippen LogP contribution in [0.15, 0.2) is 36.4 Å². The molecule has 0 bridgehead atoms. The van der Waals surface area contributed by atoms with Gasteiger partial charge in [0.05, 0.1) is 11.0 Å². The maximum absolute atomic E-state index is 13.2. The SMILES string of the molecule is Nc1cc(F)c(F)cc1-c1nc2ccccc2[nH]1. The van der Waals surface area contributed by atoms with Crippen molar-refractivity contribution in [2.75, 3.05) is 5.73 Å². The number of benzene rings is 2. The highest BCUT2D eigenvalue weighted by molar-refractivity contribution is 5.82. The number of halogens is 2. The van der Waals surface area contributed by atoms with Crippen LogP contribution in [0.4, 0.5) is 14.5 Å². The van der Waals surface area contributed by atoms with E-state index in [-0.39, 0.29) is 5.69 Å². The minimum absolute atomic E-state index is 0.146. The molecular weight excluding hydrogens is 236 g/mol. The predicted molar refractivity (Wildman–Crippen MR) is 65.9 cm³/mol. The number of aromatic nitrogens is 2. The summed E-state index contributed by atoms with van der Waals surface area (Å²) in [7, 11) is 0. The van der Waals surface area contributed by atoms with Crippen LogP contribution in [0.3, 0.4) is 0 Å². The third kappa shape index (κ3) is 1.60. The topological polar surface area (TPSA) is 54.7 Å². The van der Waals surface area contributed by atoms with Crippen molar-refractivity contribution in [3.05, 3.63) is 48.0 Å². The molecule has 0 spiro atoms. The summed E-state index contributed by atoms with van der Waals surface area (Å²) in [6.07, 6.45) is 0. The summed E-state index contributed by atoms with van der Waals surface area (Å²) in [6.45, 7) is 0. The molecule has 5 heteroatoms. The van der Waals surface area contributed by atoms with E-state index in [4.69, 9.17) is 5.73 Å². The average Bonchev–Trinajstić information content (AvgIpc) is 2.77. The van der Waals surface area contributed by atoms with Crippen molar-refractivity contribution in [1.82, 2.24) is 9.97 Å². The first-order valence-corrected chi connectivity index (χ1v) is 5.35. The number of imidazole rings is 1. The van der Waals surface area contributed by atoms with E-state index < -0.39 is 11.6 Å². The zero-order valence-corrected chi connectivity index (χ0v) is 9.24. The first-order valence-electron chi connectivity index (χ1n) is 5.35. The number of nitrogens with two attached hydrogens (primary N) is 1. The van der Waals surface area contributed by atoms with Crippen molar-refractivity contribution in [3.63, 3.8) is 0 Å². The van der Waals surface area contributed by atoms with Crippen LogP contribution in [-0.2, 0) is 0 Å². The Hall–Kier alpha value is -2.43. The molecule has 3 nitrogen and oxygen atoms in total. The first-order chi connectivity index (χ1) is 8.65. The zero-order chi connectivity index (χ0) is 12.7. The molecule has 18 heavy (non-hydrogen) atoms. The van der Waals surface area contributed by atoms with Crippen molar-refractivity contribution in [2.24, 2.45) is 0 Å². The number of H-pyrrole nitrogens is 1. The molecule has 0 radical (unpaired) electrons. The Balaban J connectivity index is 2.22. The molecule has 90 valence electrons.